The molecule has 158 valence electrons. The number of carbonyl (C=O) groups is 1. The molecule has 1 heterocycles. The number of fused-ring (bicyclic) bond motifs is 1. The second-order valence-electron chi connectivity index (χ2n) is 8.13. The Morgan fingerprint density at radius 1 is 1.07 bits per heavy atom. The highest BCUT2D eigenvalue weighted by Crippen LogP contribution is 2.34. The minimum atomic E-state index is -0.777. The maximum atomic E-state index is 12.9. The number of hydrogen-bond donors (Lipinski definition) is 4. The van der Waals surface area contributed by atoms with Gasteiger partial charge in [0.25, 0.3) is 5.91 Å². The lowest BCUT2D eigenvalue weighted by atomic mass is 9.72. The van der Waals surface area contributed by atoms with Crippen molar-refractivity contribution >= 4 is 28.3 Å². The van der Waals surface area contributed by atoms with Gasteiger partial charge in [-0.2, -0.15) is 0 Å². The lowest BCUT2D eigenvalue weighted by Gasteiger charge is -2.40. The molecule has 5 atom stereocenters. The minimum Gasteiger partial charge on any atom is -0.390 e. The largest absolute Gasteiger partial charge is 0.390 e. The monoisotopic (exact) mass is 410 g/mol. The van der Waals surface area contributed by atoms with Crippen molar-refractivity contribution in [2.75, 3.05) is 11.9 Å². The van der Waals surface area contributed by atoms with E-state index in [1.807, 2.05) is 44.2 Å². The summed E-state index contributed by atoms with van der Waals surface area (Å²) in [5.74, 6) is -0.216. The fraction of sp³-hybridized carbons (Fsp3) is 0.409. The van der Waals surface area contributed by atoms with E-state index in [2.05, 4.69) is 20.9 Å². The van der Waals surface area contributed by atoms with Crippen molar-refractivity contribution in [1.82, 2.24) is 15.6 Å². The van der Waals surface area contributed by atoms with Gasteiger partial charge in [0.05, 0.1) is 29.1 Å². The van der Waals surface area contributed by atoms with Crippen LogP contribution in [0.4, 0.5) is 11.4 Å². The van der Waals surface area contributed by atoms with E-state index in [-0.39, 0.29) is 23.7 Å². The third kappa shape index (κ3) is 3.88. The molecule has 8 heteroatoms. The number of nitrogens with one attached hydrogen (secondary N) is 2. The molecule has 1 fully saturated rings. The molecule has 30 heavy (non-hydrogen) atoms. The number of carbonyl (C=O) groups excluding carboxylic acids is 1. The van der Waals surface area contributed by atoms with Crippen LogP contribution in [0.25, 0.3) is 11.0 Å². The molecule has 8 nitrogen and oxygen atoms in total. The van der Waals surface area contributed by atoms with E-state index in [1.165, 1.54) is 0 Å². The lowest BCUT2D eigenvalue weighted by molar-refractivity contribution is -0.0883. The van der Waals surface area contributed by atoms with E-state index in [9.17, 15) is 15.0 Å². The number of rotatable bonds is 5. The summed E-state index contributed by atoms with van der Waals surface area (Å²) in [6.07, 6.45) is -0.743. The van der Waals surface area contributed by atoms with Gasteiger partial charge in [-0.1, -0.05) is 32.0 Å². The number of nitrogens with zero attached hydrogens (tertiary/aromatic N) is 2. The first kappa shape index (κ1) is 20.3. The summed E-state index contributed by atoms with van der Waals surface area (Å²) in [6.45, 7) is 4.27. The Hall–Kier alpha value is -2.97. The number of hydrogen-bond acceptors (Lipinski definition) is 7. The molecule has 4 N–H and O–H groups in total. The zero-order chi connectivity index (χ0) is 21.3. The van der Waals surface area contributed by atoms with Gasteiger partial charge < -0.3 is 20.8 Å². The Labute approximate surface area is 174 Å². The standard InChI is InChI=1S/C22H26N4O4/c1-12-10-14(13(2)21(28)20(12)27)11-23-22(29)15-6-3-4-7-16(15)24-17-8-5-9-18-19(17)26-30-25-18/h3-9,12-14,20-21,24,27-28H,10-11H2,1-2H3,(H,23,29)/t12-,13+,14+,20-,21+/m0/s1. The molecule has 1 amide bonds. The summed E-state index contributed by atoms with van der Waals surface area (Å²) in [5.41, 5.74) is 3.06. The third-order valence-corrected chi connectivity index (χ3v) is 6.14. The summed E-state index contributed by atoms with van der Waals surface area (Å²) >= 11 is 0. The molecular weight excluding hydrogens is 384 g/mol. The van der Waals surface area contributed by atoms with Crippen molar-refractivity contribution in [3.63, 3.8) is 0 Å². The summed E-state index contributed by atoms with van der Waals surface area (Å²) in [5, 5.41) is 34.3. The Balaban J connectivity index is 1.48. The molecule has 0 unspecified atom stereocenters. The van der Waals surface area contributed by atoms with Gasteiger partial charge in [0.1, 0.15) is 5.52 Å². The Kier molecular flexibility index (Phi) is 5.69. The fourth-order valence-corrected chi connectivity index (χ4v) is 4.19. The molecule has 0 spiro atoms. The van der Waals surface area contributed by atoms with Gasteiger partial charge in [-0.05, 0) is 58.8 Å². The highest BCUT2D eigenvalue weighted by Gasteiger charge is 2.39. The molecule has 1 aliphatic carbocycles. The van der Waals surface area contributed by atoms with Crippen LogP contribution in [0.3, 0.4) is 0 Å². The molecule has 1 aromatic heterocycles. The van der Waals surface area contributed by atoms with Crippen LogP contribution in [-0.4, -0.2) is 45.2 Å². The molecule has 2 aromatic carbocycles. The van der Waals surface area contributed by atoms with Gasteiger partial charge in [-0.15, -0.1) is 0 Å². The van der Waals surface area contributed by atoms with Gasteiger partial charge in [-0.3, -0.25) is 4.79 Å². The third-order valence-electron chi connectivity index (χ3n) is 6.14. The second kappa shape index (κ2) is 8.41. The number of aliphatic hydroxyl groups is 2. The molecule has 0 aliphatic heterocycles. The van der Waals surface area contributed by atoms with Crippen molar-refractivity contribution in [3.8, 4) is 0 Å². The highest BCUT2D eigenvalue weighted by molar-refractivity contribution is 6.01. The predicted molar refractivity (Wildman–Crippen MR) is 112 cm³/mol. The first-order valence-electron chi connectivity index (χ1n) is 10.2. The van der Waals surface area contributed by atoms with E-state index >= 15 is 0 Å². The van der Waals surface area contributed by atoms with E-state index in [0.717, 1.165) is 6.42 Å². The molecule has 0 saturated heterocycles. The van der Waals surface area contributed by atoms with E-state index in [4.69, 9.17) is 4.63 Å². The van der Waals surface area contributed by atoms with Crippen LogP contribution in [0, 0.1) is 17.8 Å². The highest BCUT2D eigenvalue weighted by atomic mass is 16.6. The molecule has 0 bridgehead atoms. The summed E-state index contributed by atoms with van der Waals surface area (Å²) in [7, 11) is 0. The quantitative estimate of drug-likeness (QED) is 0.510. The van der Waals surface area contributed by atoms with Crippen molar-refractivity contribution in [2.45, 2.75) is 32.5 Å². The zero-order valence-electron chi connectivity index (χ0n) is 16.9. The summed E-state index contributed by atoms with van der Waals surface area (Å²) < 4.78 is 4.80. The maximum Gasteiger partial charge on any atom is 0.253 e. The van der Waals surface area contributed by atoms with Crippen LogP contribution in [0.15, 0.2) is 47.1 Å². The first-order chi connectivity index (χ1) is 14.5. The molecule has 4 rings (SSSR count). The zero-order valence-corrected chi connectivity index (χ0v) is 16.9. The number of amides is 1. The van der Waals surface area contributed by atoms with Crippen LogP contribution in [0.2, 0.25) is 0 Å². The normalized spacial score (nSPS) is 26.5. The van der Waals surface area contributed by atoms with Crippen LogP contribution >= 0.6 is 0 Å². The Morgan fingerprint density at radius 2 is 1.83 bits per heavy atom. The summed E-state index contributed by atoms with van der Waals surface area (Å²) in [4.78, 5) is 12.9. The lowest BCUT2D eigenvalue weighted by Crippen LogP contribution is -2.48. The average molecular weight is 410 g/mol. The fourth-order valence-electron chi connectivity index (χ4n) is 4.19. The van der Waals surface area contributed by atoms with E-state index in [0.29, 0.717) is 34.5 Å². The molecule has 1 saturated carbocycles. The van der Waals surface area contributed by atoms with Crippen molar-refractivity contribution in [2.24, 2.45) is 17.8 Å². The number of aliphatic hydroxyl groups excluding tert-OH is 2. The van der Waals surface area contributed by atoms with Crippen LogP contribution < -0.4 is 10.6 Å². The maximum absolute atomic E-state index is 12.9. The van der Waals surface area contributed by atoms with Gasteiger partial charge in [0, 0.05) is 6.54 Å². The van der Waals surface area contributed by atoms with Crippen LogP contribution in [0.5, 0.6) is 0 Å². The average Bonchev–Trinajstić information content (AvgIpc) is 3.24. The minimum absolute atomic E-state index is 0.0105. The predicted octanol–water partition coefficient (Wildman–Crippen LogP) is 2.71. The second-order valence-corrected chi connectivity index (χ2v) is 8.13. The topological polar surface area (TPSA) is 121 Å². The molecule has 0 radical (unpaired) electrons. The summed E-state index contributed by atoms with van der Waals surface area (Å²) in [6, 6.07) is 12.7. The van der Waals surface area contributed by atoms with Crippen molar-refractivity contribution in [1.29, 1.82) is 0 Å². The van der Waals surface area contributed by atoms with Crippen LogP contribution in [0.1, 0.15) is 30.6 Å². The number of aromatic nitrogens is 2. The van der Waals surface area contributed by atoms with E-state index < -0.39 is 12.2 Å². The molecule has 3 aromatic rings. The van der Waals surface area contributed by atoms with Gasteiger partial charge in [0.15, 0.2) is 5.52 Å². The first-order valence-corrected chi connectivity index (χ1v) is 10.2. The van der Waals surface area contributed by atoms with Gasteiger partial charge in [0.2, 0.25) is 0 Å². The number of anilines is 2. The van der Waals surface area contributed by atoms with Crippen LogP contribution in [-0.2, 0) is 0 Å². The van der Waals surface area contributed by atoms with Crippen molar-refractivity contribution < 1.29 is 19.6 Å². The van der Waals surface area contributed by atoms with Gasteiger partial charge in [-0.25, -0.2) is 4.63 Å². The smallest absolute Gasteiger partial charge is 0.253 e. The van der Waals surface area contributed by atoms with Gasteiger partial charge >= 0.3 is 0 Å². The van der Waals surface area contributed by atoms with Crippen molar-refractivity contribution in [3.05, 3.63) is 48.0 Å². The van der Waals surface area contributed by atoms with E-state index in [1.54, 1.807) is 12.1 Å². The Bertz CT molecular complexity index is 1040. The number of benzene rings is 2. The molecular formula is C22H26N4O4. The SMILES string of the molecule is C[C@@H]1[C@@H](CNC(=O)c2ccccc2Nc2cccc3nonc23)C[C@H](C)[C@H](O)[C@@H]1O. The Morgan fingerprint density at radius 3 is 2.67 bits per heavy atom. The number of para-hydroxylation sites is 1. The molecule has 1 aliphatic rings.